The minimum absolute atomic E-state index is 0.462. The minimum atomic E-state index is -0.600. The summed E-state index contributed by atoms with van der Waals surface area (Å²) < 4.78 is 0. The van der Waals surface area contributed by atoms with Crippen LogP contribution in [-0.2, 0) is 10.8 Å². The summed E-state index contributed by atoms with van der Waals surface area (Å²) in [4.78, 5) is 2.52. The molecule has 0 bridgehead atoms. The Balaban J connectivity index is 1.41. The van der Waals surface area contributed by atoms with Crippen molar-refractivity contribution in [2.45, 2.75) is 23.7 Å². The molecule has 2 unspecified atom stereocenters. The monoisotopic (exact) mass is 651 g/mol. The topological polar surface area (TPSA) is 3.24 Å². The third-order valence-electron chi connectivity index (χ3n) is 11.5. The molecule has 2 atom stereocenters. The van der Waals surface area contributed by atoms with Crippen LogP contribution in [0.1, 0.15) is 51.8 Å². The van der Waals surface area contributed by atoms with E-state index in [0.717, 1.165) is 12.8 Å². The fraction of sp³-hybridized carbons (Fsp3) is 0.0800. The number of anilines is 2. The third-order valence-corrected chi connectivity index (χ3v) is 11.5. The van der Waals surface area contributed by atoms with E-state index in [9.17, 15) is 0 Å². The molecule has 0 fully saturated rings. The Hall–Kier alpha value is -6.18. The molecular formula is C50H37N. The maximum Gasteiger partial charge on any atom is 0.0725 e. The Morgan fingerprint density at radius 1 is 0.392 bits per heavy atom. The van der Waals surface area contributed by atoms with Crippen LogP contribution in [0.5, 0.6) is 0 Å². The lowest BCUT2D eigenvalue weighted by molar-refractivity contribution is 0.615. The van der Waals surface area contributed by atoms with E-state index in [4.69, 9.17) is 0 Å². The van der Waals surface area contributed by atoms with Crippen LogP contribution in [-0.4, -0.2) is 0 Å². The molecule has 10 rings (SSSR count). The van der Waals surface area contributed by atoms with Gasteiger partial charge < -0.3 is 4.90 Å². The zero-order chi connectivity index (χ0) is 33.8. The number of hydrogen-bond donors (Lipinski definition) is 0. The molecule has 242 valence electrons. The van der Waals surface area contributed by atoms with Gasteiger partial charge in [-0.3, -0.25) is 0 Å². The summed E-state index contributed by atoms with van der Waals surface area (Å²) in [7, 11) is 0. The SMILES string of the molecule is C1=CC(C2(c3ccccc3)c3ccccc3C3(c4ccccc4)c4ccccc4-c4cccc2c43)=C(N(c2ccccc2)c2ccccc2)CC1. The van der Waals surface area contributed by atoms with Gasteiger partial charge in [0, 0.05) is 17.1 Å². The van der Waals surface area contributed by atoms with Crippen molar-refractivity contribution in [3.8, 4) is 11.1 Å². The first-order chi connectivity index (χ1) is 25.3. The number of benzene rings is 7. The maximum absolute atomic E-state index is 2.52. The van der Waals surface area contributed by atoms with E-state index in [2.05, 4.69) is 205 Å². The lowest BCUT2D eigenvalue weighted by Crippen LogP contribution is -2.45. The second-order valence-corrected chi connectivity index (χ2v) is 13.9. The largest absolute Gasteiger partial charge is 0.314 e. The van der Waals surface area contributed by atoms with E-state index in [1.807, 2.05) is 0 Å². The number of para-hydroxylation sites is 2. The van der Waals surface area contributed by atoms with Crippen LogP contribution in [0.4, 0.5) is 11.4 Å². The molecule has 0 aromatic heterocycles. The second kappa shape index (κ2) is 11.7. The van der Waals surface area contributed by atoms with Crippen LogP contribution in [0.3, 0.4) is 0 Å². The van der Waals surface area contributed by atoms with Crippen LogP contribution in [0, 0.1) is 0 Å². The summed E-state index contributed by atoms with van der Waals surface area (Å²) in [6, 6.07) is 69.9. The highest BCUT2D eigenvalue weighted by Crippen LogP contribution is 2.66. The molecule has 0 heterocycles. The van der Waals surface area contributed by atoms with Crippen LogP contribution in [0.25, 0.3) is 11.1 Å². The highest BCUT2D eigenvalue weighted by atomic mass is 15.2. The number of nitrogens with zero attached hydrogens (tertiary/aromatic N) is 1. The van der Waals surface area contributed by atoms with E-state index in [1.54, 1.807) is 0 Å². The second-order valence-electron chi connectivity index (χ2n) is 13.9. The summed E-state index contributed by atoms with van der Waals surface area (Å²) in [6.07, 6.45) is 6.76. The Labute approximate surface area is 300 Å². The summed E-state index contributed by atoms with van der Waals surface area (Å²) >= 11 is 0. The van der Waals surface area contributed by atoms with Gasteiger partial charge in [-0.25, -0.2) is 0 Å². The molecule has 3 aliphatic rings. The lowest BCUT2D eigenvalue weighted by Gasteiger charge is -2.51. The Morgan fingerprint density at radius 2 is 0.863 bits per heavy atom. The standard InChI is InChI=1S/C50H37N/c1-5-20-36(21-6-1)49(45-33-17-18-35-47(45)51(38-24-9-3-10-25-38)39-26-11-4-12-27-39)43-31-15-16-32-44(43)50(37-22-7-2-8-23-37)42-30-14-13-28-40(42)41-29-19-34-46(49)48(41)50/h1-17,19-34H,18,35H2. The zero-order valence-corrected chi connectivity index (χ0v) is 28.4. The average molecular weight is 652 g/mol. The van der Waals surface area contributed by atoms with Crippen molar-refractivity contribution in [2.24, 2.45) is 0 Å². The van der Waals surface area contributed by atoms with Gasteiger partial charge in [-0.1, -0.05) is 176 Å². The maximum atomic E-state index is 2.52. The Kier molecular flexibility index (Phi) is 6.82. The molecular weight excluding hydrogens is 615 g/mol. The molecule has 0 N–H and O–H groups in total. The molecule has 1 nitrogen and oxygen atoms in total. The molecule has 0 radical (unpaired) electrons. The summed E-state index contributed by atoms with van der Waals surface area (Å²) in [6.45, 7) is 0. The first-order valence-electron chi connectivity index (χ1n) is 18.1. The molecule has 0 aliphatic heterocycles. The predicted octanol–water partition coefficient (Wildman–Crippen LogP) is 12.1. The van der Waals surface area contributed by atoms with Gasteiger partial charge in [-0.05, 0) is 92.8 Å². The van der Waals surface area contributed by atoms with Crippen molar-refractivity contribution in [1.29, 1.82) is 0 Å². The molecule has 0 saturated carbocycles. The summed E-state index contributed by atoms with van der Waals surface area (Å²) in [5.41, 5.74) is 16.0. The fourth-order valence-electron chi connectivity index (χ4n) is 9.66. The molecule has 3 aliphatic carbocycles. The van der Waals surface area contributed by atoms with E-state index in [-0.39, 0.29) is 0 Å². The molecule has 0 spiro atoms. The first-order valence-corrected chi connectivity index (χ1v) is 18.1. The normalized spacial score (nSPS) is 19.6. The molecule has 51 heavy (non-hydrogen) atoms. The van der Waals surface area contributed by atoms with Gasteiger partial charge in [-0.2, -0.15) is 0 Å². The van der Waals surface area contributed by atoms with Gasteiger partial charge in [0.15, 0.2) is 0 Å². The van der Waals surface area contributed by atoms with Crippen molar-refractivity contribution in [3.05, 3.63) is 250 Å². The predicted molar refractivity (Wildman–Crippen MR) is 210 cm³/mol. The van der Waals surface area contributed by atoms with Crippen molar-refractivity contribution in [2.75, 3.05) is 4.90 Å². The van der Waals surface area contributed by atoms with E-state index >= 15 is 0 Å². The first kappa shape index (κ1) is 29.7. The van der Waals surface area contributed by atoms with E-state index in [0.29, 0.717) is 0 Å². The van der Waals surface area contributed by atoms with Crippen molar-refractivity contribution in [3.63, 3.8) is 0 Å². The number of rotatable bonds is 6. The Morgan fingerprint density at radius 3 is 1.49 bits per heavy atom. The number of hydrogen-bond acceptors (Lipinski definition) is 1. The van der Waals surface area contributed by atoms with Crippen LogP contribution in [0.2, 0.25) is 0 Å². The smallest absolute Gasteiger partial charge is 0.0725 e. The average Bonchev–Trinajstić information content (AvgIpc) is 3.52. The van der Waals surface area contributed by atoms with E-state index < -0.39 is 10.8 Å². The lowest BCUT2D eigenvalue weighted by atomic mass is 9.51. The number of allylic oxidation sites excluding steroid dienone is 4. The minimum Gasteiger partial charge on any atom is -0.314 e. The van der Waals surface area contributed by atoms with Crippen molar-refractivity contribution < 1.29 is 0 Å². The molecule has 7 aromatic carbocycles. The van der Waals surface area contributed by atoms with Crippen LogP contribution >= 0.6 is 0 Å². The molecule has 1 heteroatoms. The molecule has 7 aromatic rings. The highest BCUT2D eigenvalue weighted by molar-refractivity contribution is 5.92. The number of fused-ring (bicyclic) bond motifs is 5. The summed E-state index contributed by atoms with van der Waals surface area (Å²) in [5, 5.41) is 0. The van der Waals surface area contributed by atoms with Crippen LogP contribution in [0.15, 0.2) is 211 Å². The van der Waals surface area contributed by atoms with Crippen molar-refractivity contribution in [1.82, 2.24) is 0 Å². The van der Waals surface area contributed by atoms with Gasteiger partial charge in [0.25, 0.3) is 0 Å². The highest BCUT2D eigenvalue weighted by Gasteiger charge is 2.58. The van der Waals surface area contributed by atoms with Crippen molar-refractivity contribution >= 4 is 11.4 Å². The molecule has 0 amide bonds. The third kappa shape index (κ3) is 4.09. The van der Waals surface area contributed by atoms with Gasteiger partial charge in [0.05, 0.1) is 10.8 Å². The van der Waals surface area contributed by atoms with E-state index in [1.165, 1.54) is 72.7 Å². The van der Waals surface area contributed by atoms with Gasteiger partial charge in [0.1, 0.15) is 0 Å². The van der Waals surface area contributed by atoms with Crippen LogP contribution < -0.4 is 4.90 Å². The quantitative estimate of drug-likeness (QED) is 0.173. The molecule has 0 saturated heterocycles. The fourth-order valence-corrected chi connectivity index (χ4v) is 9.66. The van der Waals surface area contributed by atoms with Gasteiger partial charge in [-0.15, -0.1) is 0 Å². The zero-order valence-electron chi connectivity index (χ0n) is 28.4. The summed E-state index contributed by atoms with van der Waals surface area (Å²) in [5.74, 6) is 0. The Bertz CT molecular complexity index is 2420. The van der Waals surface area contributed by atoms with Gasteiger partial charge >= 0.3 is 0 Å². The van der Waals surface area contributed by atoms with Gasteiger partial charge in [0.2, 0.25) is 0 Å².